The molecule has 0 aliphatic rings. The zero-order chi connectivity index (χ0) is 24.4. The fraction of sp³-hybridized carbons (Fsp3) is 0.158. The van der Waals surface area contributed by atoms with Gasteiger partial charge in [0.05, 0.1) is 10.5 Å². The molecule has 14 heteroatoms. The molecule has 0 saturated heterocycles. The predicted molar refractivity (Wildman–Crippen MR) is 107 cm³/mol. The molecule has 0 spiro atoms. The van der Waals surface area contributed by atoms with Crippen LogP contribution in [0.3, 0.4) is 0 Å². The van der Waals surface area contributed by atoms with Gasteiger partial charge in [0.2, 0.25) is 0 Å². The summed E-state index contributed by atoms with van der Waals surface area (Å²) in [7, 11) is -4.25. The Bertz CT molecular complexity index is 1240. The number of carbonyl (C=O) groups excluding carboxylic acids is 1. The van der Waals surface area contributed by atoms with E-state index in [1.807, 2.05) is 4.72 Å². The molecular formula is C19H13F6N3O3S2. The number of benzene rings is 2. The Morgan fingerprint density at radius 1 is 0.909 bits per heavy atom. The lowest BCUT2D eigenvalue weighted by atomic mass is 10.1. The average molecular weight is 509 g/mol. The van der Waals surface area contributed by atoms with Crippen LogP contribution in [0.1, 0.15) is 27.2 Å². The van der Waals surface area contributed by atoms with Gasteiger partial charge in [0.15, 0.2) is 10.8 Å². The highest BCUT2D eigenvalue weighted by Crippen LogP contribution is 2.32. The van der Waals surface area contributed by atoms with Gasteiger partial charge in [-0.15, -0.1) is 11.3 Å². The van der Waals surface area contributed by atoms with Gasteiger partial charge in [-0.05, 0) is 42.0 Å². The minimum absolute atomic E-state index is 0.0643. The van der Waals surface area contributed by atoms with Gasteiger partial charge < -0.3 is 5.32 Å². The second-order valence-corrected chi connectivity index (χ2v) is 9.08. The number of carbonyl (C=O) groups is 1. The molecule has 33 heavy (non-hydrogen) atoms. The molecule has 3 rings (SSSR count). The fourth-order valence-corrected chi connectivity index (χ4v) is 4.48. The molecule has 0 aliphatic heterocycles. The van der Waals surface area contributed by atoms with Gasteiger partial charge >= 0.3 is 12.4 Å². The molecule has 1 heterocycles. The molecule has 2 aromatic carbocycles. The van der Waals surface area contributed by atoms with Gasteiger partial charge in [-0.25, -0.2) is 13.4 Å². The van der Waals surface area contributed by atoms with E-state index in [0.717, 1.165) is 24.3 Å². The quantitative estimate of drug-likeness (QED) is 0.463. The minimum Gasteiger partial charge on any atom is -0.348 e. The van der Waals surface area contributed by atoms with Gasteiger partial charge in [0.1, 0.15) is 0 Å². The first kappa shape index (κ1) is 24.5. The number of aromatic nitrogens is 1. The Kier molecular flexibility index (Phi) is 6.70. The van der Waals surface area contributed by atoms with Crippen molar-refractivity contribution in [2.75, 3.05) is 4.72 Å². The second kappa shape index (κ2) is 9.02. The maximum atomic E-state index is 12.6. The van der Waals surface area contributed by atoms with Crippen molar-refractivity contribution in [1.82, 2.24) is 10.3 Å². The van der Waals surface area contributed by atoms with Crippen molar-refractivity contribution in [2.45, 2.75) is 23.8 Å². The van der Waals surface area contributed by atoms with Crippen molar-refractivity contribution in [1.29, 1.82) is 0 Å². The molecule has 0 aliphatic carbocycles. The number of amides is 1. The topological polar surface area (TPSA) is 88.2 Å². The summed E-state index contributed by atoms with van der Waals surface area (Å²) in [5, 5.41) is 2.69. The molecule has 0 saturated carbocycles. The SMILES string of the molecule is O=C(NCc1ccc(C(F)(F)F)cc1)c1ccc(S(=O)(=O)Nc2nc(C(F)(F)F)cs2)cc1. The van der Waals surface area contributed by atoms with E-state index >= 15 is 0 Å². The van der Waals surface area contributed by atoms with Crippen LogP contribution in [0, 0.1) is 0 Å². The van der Waals surface area contributed by atoms with E-state index < -0.39 is 44.7 Å². The Morgan fingerprint density at radius 3 is 2.03 bits per heavy atom. The summed E-state index contributed by atoms with van der Waals surface area (Å²) < 4.78 is 102. The highest BCUT2D eigenvalue weighted by atomic mass is 32.2. The van der Waals surface area contributed by atoms with E-state index in [0.29, 0.717) is 22.3 Å². The van der Waals surface area contributed by atoms with Gasteiger partial charge in [0, 0.05) is 17.5 Å². The van der Waals surface area contributed by atoms with Crippen molar-refractivity contribution in [3.63, 3.8) is 0 Å². The van der Waals surface area contributed by atoms with Crippen LogP contribution in [0.5, 0.6) is 0 Å². The first-order valence-corrected chi connectivity index (χ1v) is 11.2. The van der Waals surface area contributed by atoms with Crippen LogP contribution >= 0.6 is 11.3 Å². The van der Waals surface area contributed by atoms with E-state index in [9.17, 15) is 39.6 Å². The lowest BCUT2D eigenvalue weighted by molar-refractivity contribution is -0.140. The van der Waals surface area contributed by atoms with Crippen LogP contribution < -0.4 is 10.0 Å². The monoisotopic (exact) mass is 509 g/mol. The van der Waals surface area contributed by atoms with Crippen molar-refractivity contribution in [3.05, 3.63) is 76.3 Å². The molecule has 3 aromatic rings. The number of sulfonamides is 1. The fourth-order valence-electron chi connectivity index (χ4n) is 2.51. The Balaban J connectivity index is 1.63. The first-order chi connectivity index (χ1) is 15.3. The second-order valence-electron chi connectivity index (χ2n) is 6.54. The summed E-state index contributed by atoms with van der Waals surface area (Å²) in [6.45, 7) is -0.0653. The molecule has 1 amide bonds. The van der Waals surface area contributed by atoms with E-state index in [1.165, 1.54) is 24.3 Å². The number of alkyl halides is 6. The molecule has 0 unspecified atom stereocenters. The largest absolute Gasteiger partial charge is 0.434 e. The smallest absolute Gasteiger partial charge is 0.348 e. The molecule has 2 N–H and O–H groups in total. The van der Waals surface area contributed by atoms with Crippen molar-refractivity contribution in [2.24, 2.45) is 0 Å². The third-order valence-electron chi connectivity index (χ3n) is 4.18. The van der Waals surface area contributed by atoms with Gasteiger partial charge in [0.25, 0.3) is 15.9 Å². The average Bonchev–Trinajstić information content (AvgIpc) is 3.20. The highest BCUT2D eigenvalue weighted by Gasteiger charge is 2.34. The summed E-state index contributed by atoms with van der Waals surface area (Å²) in [5.41, 5.74) is -1.57. The van der Waals surface area contributed by atoms with E-state index in [2.05, 4.69) is 10.3 Å². The van der Waals surface area contributed by atoms with E-state index in [4.69, 9.17) is 0 Å². The van der Waals surface area contributed by atoms with E-state index in [-0.39, 0.29) is 17.0 Å². The first-order valence-electron chi connectivity index (χ1n) is 8.86. The third-order valence-corrected chi connectivity index (χ3v) is 6.42. The normalized spacial score (nSPS) is 12.4. The number of anilines is 1. The Hall–Kier alpha value is -3.13. The number of thiazole rings is 1. The number of halogens is 6. The molecule has 6 nitrogen and oxygen atoms in total. The van der Waals surface area contributed by atoms with Crippen molar-refractivity contribution < 1.29 is 39.6 Å². The number of hydrogen-bond donors (Lipinski definition) is 2. The van der Waals surface area contributed by atoms with Gasteiger partial charge in [-0.1, -0.05) is 12.1 Å². The van der Waals surface area contributed by atoms with Crippen LogP contribution in [0.4, 0.5) is 31.5 Å². The van der Waals surface area contributed by atoms with E-state index in [1.54, 1.807) is 0 Å². The van der Waals surface area contributed by atoms with Crippen molar-refractivity contribution in [3.8, 4) is 0 Å². The molecule has 0 atom stereocenters. The molecule has 0 fully saturated rings. The van der Waals surface area contributed by atoms with Crippen LogP contribution in [0.2, 0.25) is 0 Å². The van der Waals surface area contributed by atoms with Gasteiger partial charge in [-0.2, -0.15) is 26.3 Å². The standard InChI is InChI=1S/C19H13F6N3O3S2/c20-18(21,22)13-5-1-11(2-6-13)9-26-16(29)12-3-7-14(8-4-12)33(30,31)28-17-27-15(10-32-17)19(23,24)25/h1-8,10H,9H2,(H,26,29)(H,27,28). The molecule has 0 radical (unpaired) electrons. The molecular weight excluding hydrogens is 496 g/mol. The third kappa shape index (κ3) is 6.22. The maximum absolute atomic E-state index is 12.6. The van der Waals surface area contributed by atoms with Crippen LogP contribution in [-0.4, -0.2) is 19.3 Å². The summed E-state index contributed by atoms with van der Waals surface area (Å²) in [5.74, 6) is -0.610. The lowest BCUT2D eigenvalue weighted by Gasteiger charge is -2.09. The summed E-state index contributed by atoms with van der Waals surface area (Å²) >= 11 is 0.465. The summed E-state index contributed by atoms with van der Waals surface area (Å²) in [6, 6.07) is 8.71. The number of nitrogens with one attached hydrogen (secondary N) is 2. The zero-order valence-corrected chi connectivity index (χ0v) is 17.8. The number of nitrogens with zero attached hydrogens (tertiary/aromatic N) is 1. The summed E-state index contributed by atoms with van der Waals surface area (Å²) in [4.78, 5) is 15.1. The lowest BCUT2D eigenvalue weighted by Crippen LogP contribution is -2.23. The zero-order valence-electron chi connectivity index (χ0n) is 16.2. The maximum Gasteiger partial charge on any atom is 0.434 e. The molecule has 1 aromatic heterocycles. The predicted octanol–water partition coefficient (Wildman–Crippen LogP) is 4.91. The highest BCUT2D eigenvalue weighted by molar-refractivity contribution is 7.93. The number of rotatable bonds is 6. The minimum atomic E-state index is -4.71. The van der Waals surface area contributed by atoms with Crippen molar-refractivity contribution >= 4 is 32.4 Å². The Labute approximate surface area is 187 Å². The molecule has 176 valence electrons. The van der Waals surface area contributed by atoms with Crippen LogP contribution in [0.15, 0.2) is 58.8 Å². The molecule has 0 bridgehead atoms. The van der Waals surface area contributed by atoms with Crippen LogP contribution in [-0.2, 0) is 28.9 Å². The summed E-state index contributed by atoms with van der Waals surface area (Å²) in [6.07, 6.45) is -9.19. The number of hydrogen-bond acceptors (Lipinski definition) is 5. The Morgan fingerprint density at radius 2 is 1.52 bits per heavy atom. The van der Waals surface area contributed by atoms with Gasteiger partial charge in [-0.3, -0.25) is 9.52 Å². The van der Waals surface area contributed by atoms with Crippen LogP contribution in [0.25, 0.3) is 0 Å².